The van der Waals surface area contributed by atoms with Crippen LogP contribution in [0.15, 0.2) is 18.5 Å². The van der Waals surface area contributed by atoms with Gasteiger partial charge in [0.05, 0.1) is 25.9 Å². The van der Waals surface area contributed by atoms with Crippen molar-refractivity contribution in [1.29, 1.82) is 0 Å². The summed E-state index contributed by atoms with van der Waals surface area (Å²) in [6.45, 7) is 3.52. The molecule has 1 aromatic rings. The molecule has 1 atom stereocenters. The first-order chi connectivity index (χ1) is 9.45. The van der Waals surface area contributed by atoms with E-state index in [1.807, 2.05) is 13.8 Å². The Balaban J connectivity index is 2.50. The Morgan fingerprint density at radius 2 is 2.15 bits per heavy atom. The highest BCUT2D eigenvalue weighted by atomic mass is 16.5. The molecule has 0 spiro atoms. The van der Waals surface area contributed by atoms with Crippen LogP contribution in [0, 0.1) is 5.92 Å². The lowest BCUT2D eigenvalue weighted by atomic mass is 10.1. The Kier molecular flexibility index (Phi) is 5.92. The SMILES string of the molecule is COc1ccncc1NC(=O)CNC(=O)[C@@H](N)C(C)C. The molecule has 2 amide bonds. The van der Waals surface area contributed by atoms with Gasteiger partial charge >= 0.3 is 0 Å². The number of hydrogen-bond donors (Lipinski definition) is 3. The summed E-state index contributed by atoms with van der Waals surface area (Å²) in [5.41, 5.74) is 6.12. The van der Waals surface area contributed by atoms with Gasteiger partial charge in [-0.15, -0.1) is 0 Å². The lowest BCUT2D eigenvalue weighted by Gasteiger charge is -2.15. The number of pyridine rings is 1. The quantitative estimate of drug-likeness (QED) is 0.686. The fraction of sp³-hybridized carbons (Fsp3) is 0.462. The van der Waals surface area contributed by atoms with Gasteiger partial charge in [0.1, 0.15) is 11.4 Å². The van der Waals surface area contributed by atoms with E-state index in [0.29, 0.717) is 11.4 Å². The van der Waals surface area contributed by atoms with Crippen LogP contribution in [0.3, 0.4) is 0 Å². The van der Waals surface area contributed by atoms with E-state index in [0.717, 1.165) is 0 Å². The topological polar surface area (TPSA) is 106 Å². The van der Waals surface area contributed by atoms with Gasteiger partial charge in [0.15, 0.2) is 0 Å². The number of nitrogens with zero attached hydrogens (tertiary/aromatic N) is 1. The lowest BCUT2D eigenvalue weighted by Crippen LogP contribution is -2.46. The van der Waals surface area contributed by atoms with Gasteiger partial charge in [-0.2, -0.15) is 0 Å². The van der Waals surface area contributed by atoms with Gasteiger partial charge in [0.2, 0.25) is 11.8 Å². The number of amides is 2. The Morgan fingerprint density at radius 3 is 2.75 bits per heavy atom. The Bertz CT molecular complexity index is 476. The number of hydrogen-bond acceptors (Lipinski definition) is 5. The zero-order valence-corrected chi connectivity index (χ0v) is 11.8. The summed E-state index contributed by atoms with van der Waals surface area (Å²) < 4.78 is 5.08. The van der Waals surface area contributed by atoms with Crippen LogP contribution in [0.1, 0.15) is 13.8 Å². The number of anilines is 1. The minimum absolute atomic E-state index is 0.0106. The van der Waals surface area contributed by atoms with Crippen LogP contribution in [0.5, 0.6) is 5.75 Å². The maximum atomic E-state index is 11.7. The van der Waals surface area contributed by atoms with Gasteiger partial charge in [0, 0.05) is 12.3 Å². The zero-order chi connectivity index (χ0) is 15.1. The molecule has 0 unspecified atom stereocenters. The second-order valence-corrected chi connectivity index (χ2v) is 4.61. The predicted octanol–water partition coefficient (Wildman–Crippen LogP) is 0.128. The highest BCUT2D eigenvalue weighted by molar-refractivity contribution is 5.96. The summed E-state index contributed by atoms with van der Waals surface area (Å²) in [7, 11) is 1.49. The van der Waals surface area contributed by atoms with Crippen LogP contribution >= 0.6 is 0 Å². The first kappa shape index (κ1) is 15.9. The van der Waals surface area contributed by atoms with E-state index in [1.54, 1.807) is 12.3 Å². The van der Waals surface area contributed by atoms with Crippen molar-refractivity contribution in [3.8, 4) is 5.75 Å². The number of rotatable bonds is 6. The van der Waals surface area contributed by atoms with Gasteiger partial charge in [-0.25, -0.2) is 0 Å². The Morgan fingerprint density at radius 1 is 1.45 bits per heavy atom. The summed E-state index contributed by atoms with van der Waals surface area (Å²) in [5, 5.41) is 5.09. The van der Waals surface area contributed by atoms with Gasteiger partial charge in [0.25, 0.3) is 0 Å². The molecule has 4 N–H and O–H groups in total. The van der Waals surface area contributed by atoms with Crippen molar-refractivity contribution in [3.63, 3.8) is 0 Å². The van der Waals surface area contributed by atoms with Gasteiger partial charge < -0.3 is 21.1 Å². The van der Waals surface area contributed by atoms with E-state index in [-0.39, 0.29) is 24.3 Å². The van der Waals surface area contributed by atoms with E-state index in [4.69, 9.17) is 10.5 Å². The third kappa shape index (κ3) is 4.51. The largest absolute Gasteiger partial charge is 0.494 e. The molecule has 0 bridgehead atoms. The molecular formula is C13H20N4O3. The minimum atomic E-state index is -0.629. The van der Waals surface area contributed by atoms with Crippen LogP contribution in [0.2, 0.25) is 0 Å². The molecule has 7 nitrogen and oxygen atoms in total. The molecule has 1 rings (SSSR count). The number of carbonyl (C=O) groups excluding carboxylic acids is 2. The number of ether oxygens (including phenoxy) is 1. The maximum absolute atomic E-state index is 11.7. The molecule has 20 heavy (non-hydrogen) atoms. The van der Waals surface area contributed by atoms with Gasteiger partial charge in [-0.3, -0.25) is 14.6 Å². The number of nitrogens with one attached hydrogen (secondary N) is 2. The average molecular weight is 280 g/mol. The van der Waals surface area contributed by atoms with Crippen LogP contribution in [-0.2, 0) is 9.59 Å². The molecule has 0 aliphatic carbocycles. The first-order valence-electron chi connectivity index (χ1n) is 6.26. The predicted molar refractivity (Wildman–Crippen MR) is 75.2 cm³/mol. The van der Waals surface area contributed by atoms with Crippen LogP contribution in [-0.4, -0.2) is 36.5 Å². The highest BCUT2D eigenvalue weighted by Crippen LogP contribution is 2.21. The van der Waals surface area contributed by atoms with E-state index >= 15 is 0 Å². The van der Waals surface area contributed by atoms with E-state index in [1.165, 1.54) is 13.3 Å². The fourth-order valence-corrected chi connectivity index (χ4v) is 1.44. The zero-order valence-electron chi connectivity index (χ0n) is 11.8. The Hall–Kier alpha value is -2.15. The van der Waals surface area contributed by atoms with Crippen molar-refractivity contribution in [3.05, 3.63) is 18.5 Å². The van der Waals surface area contributed by atoms with Crippen molar-refractivity contribution < 1.29 is 14.3 Å². The molecule has 0 radical (unpaired) electrons. The van der Waals surface area contributed by atoms with E-state index < -0.39 is 6.04 Å². The molecule has 0 aromatic carbocycles. The maximum Gasteiger partial charge on any atom is 0.243 e. The van der Waals surface area contributed by atoms with Crippen molar-refractivity contribution in [2.45, 2.75) is 19.9 Å². The summed E-state index contributed by atoms with van der Waals surface area (Å²) >= 11 is 0. The molecule has 0 fully saturated rings. The minimum Gasteiger partial charge on any atom is -0.494 e. The normalized spacial score (nSPS) is 11.8. The molecule has 1 heterocycles. The standard InChI is InChI=1S/C13H20N4O3/c1-8(2)12(14)13(19)16-7-11(18)17-9-6-15-5-4-10(9)20-3/h4-6,8,12H,7,14H2,1-3H3,(H,16,19)(H,17,18)/t12-/m0/s1. The monoisotopic (exact) mass is 280 g/mol. The summed E-state index contributed by atoms with van der Waals surface area (Å²) in [6.07, 6.45) is 3.02. The fourth-order valence-electron chi connectivity index (χ4n) is 1.44. The molecule has 0 aliphatic heterocycles. The van der Waals surface area contributed by atoms with Crippen LogP contribution in [0.4, 0.5) is 5.69 Å². The van der Waals surface area contributed by atoms with Gasteiger partial charge in [-0.1, -0.05) is 13.8 Å². The number of carbonyl (C=O) groups is 2. The van der Waals surface area contributed by atoms with Gasteiger partial charge in [-0.05, 0) is 5.92 Å². The highest BCUT2D eigenvalue weighted by Gasteiger charge is 2.17. The van der Waals surface area contributed by atoms with E-state index in [2.05, 4.69) is 15.6 Å². The lowest BCUT2D eigenvalue weighted by molar-refractivity contribution is -0.125. The summed E-state index contributed by atoms with van der Waals surface area (Å²) in [6, 6.07) is 0.999. The Labute approximate surface area is 117 Å². The molecular weight excluding hydrogens is 260 g/mol. The molecule has 7 heteroatoms. The average Bonchev–Trinajstić information content (AvgIpc) is 2.44. The second kappa shape index (κ2) is 7.44. The number of nitrogens with two attached hydrogens (primary N) is 1. The van der Waals surface area contributed by atoms with Crippen molar-refractivity contribution in [2.24, 2.45) is 11.7 Å². The smallest absolute Gasteiger partial charge is 0.243 e. The van der Waals surface area contributed by atoms with E-state index in [9.17, 15) is 9.59 Å². The first-order valence-corrected chi connectivity index (χ1v) is 6.26. The summed E-state index contributed by atoms with van der Waals surface area (Å²) in [5.74, 6) is -0.219. The molecule has 0 saturated carbocycles. The molecule has 110 valence electrons. The van der Waals surface area contributed by atoms with Crippen molar-refractivity contribution in [1.82, 2.24) is 10.3 Å². The number of methoxy groups -OCH3 is 1. The second-order valence-electron chi connectivity index (χ2n) is 4.61. The van der Waals surface area contributed by atoms with Crippen LogP contribution < -0.4 is 21.1 Å². The third-order valence-electron chi connectivity index (χ3n) is 2.72. The summed E-state index contributed by atoms with van der Waals surface area (Å²) in [4.78, 5) is 27.2. The molecule has 1 aromatic heterocycles. The van der Waals surface area contributed by atoms with Crippen LogP contribution in [0.25, 0.3) is 0 Å². The van der Waals surface area contributed by atoms with Crippen molar-refractivity contribution in [2.75, 3.05) is 19.0 Å². The molecule has 0 saturated heterocycles. The third-order valence-corrected chi connectivity index (χ3v) is 2.72. The number of aromatic nitrogens is 1. The van der Waals surface area contributed by atoms with Crippen molar-refractivity contribution >= 4 is 17.5 Å². The molecule has 0 aliphatic rings.